The second kappa shape index (κ2) is 6.77. The highest BCUT2D eigenvalue weighted by molar-refractivity contribution is 6.30. The Labute approximate surface area is 136 Å². The van der Waals surface area contributed by atoms with E-state index in [4.69, 9.17) is 39.5 Å². The molecule has 0 fully saturated rings. The predicted molar refractivity (Wildman–Crippen MR) is 87.7 cm³/mol. The van der Waals surface area contributed by atoms with Gasteiger partial charge in [-0.25, -0.2) is 0 Å². The van der Waals surface area contributed by atoms with E-state index < -0.39 is 0 Å². The molecule has 1 aromatic rings. The number of rotatable bonds is 6. The van der Waals surface area contributed by atoms with Crippen LogP contribution in [0.5, 0.6) is 5.75 Å². The molecular weight excluding hydrogens is 315 g/mol. The zero-order chi connectivity index (χ0) is 14.8. The SMILES string of the molecule is CC(C)CC(CCl)(CCl)Cc1cc(Cl)cc2c1OCC2. The van der Waals surface area contributed by atoms with E-state index in [0.29, 0.717) is 17.7 Å². The smallest absolute Gasteiger partial charge is 0.125 e. The van der Waals surface area contributed by atoms with Gasteiger partial charge in [-0.3, -0.25) is 0 Å². The molecule has 0 spiro atoms. The zero-order valence-corrected chi connectivity index (χ0v) is 14.3. The Kier molecular flexibility index (Phi) is 5.50. The van der Waals surface area contributed by atoms with Crippen LogP contribution in [0.2, 0.25) is 5.02 Å². The lowest BCUT2D eigenvalue weighted by Crippen LogP contribution is -2.30. The number of hydrogen-bond acceptors (Lipinski definition) is 1. The molecule has 112 valence electrons. The average Bonchev–Trinajstić information content (AvgIpc) is 2.85. The molecule has 1 nitrogen and oxygen atoms in total. The first-order chi connectivity index (χ1) is 9.49. The quantitative estimate of drug-likeness (QED) is 0.639. The summed E-state index contributed by atoms with van der Waals surface area (Å²) >= 11 is 18.7. The minimum Gasteiger partial charge on any atom is -0.493 e. The van der Waals surface area contributed by atoms with Gasteiger partial charge in [0.2, 0.25) is 0 Å². The number of ether oxygens (including phenoxy) is 1. The Balaban J connectivity index is 2.31. The van der Waals surface area contributed by atoms with Crippen molar-refractivity contribution in [2.45, 2.75) is 33.1 Å². The molecule has 0 saturated heterocycles. The summed E-state index contributed by atoms with van der Waals surface area (Å²) in [6.07, 6.45) is 2.75. The van der Waals surface area contributed by atoms with Crippen molar-refractivity contribution in [2.24, 2.45) is 11.3 Å². The van der Waals surface area contributed by atoms with Crippen LogP contribution in [0.1, 0.15) is 31.4 Å². The van der Waals surface area contributed by atoms with Crippen LogP contribution >= 0.6 is 34.8 Å². The number of fused-ring (bicyclic) bond motifs is 1. The Morgan fingerprint density at radius 3 is 2.55 bits per heavy atom. The topological polar surface area (TPSA) is 9.23 Å². The van der Waals surface area contributed by atoms with Crippen LogP contribution < -0.4 is 4.74 Å². The van der Waals surface area contributed by atoms with Crippen molar-refractivity contribution in [1.82, 2.24) is 0 Å². The summed E-state index contributed by atoms with van der Waals surface area (Å²) in [6, 6.07) is 4.00. The van der Waals surface area contributed by atoms with Crippen molar-refractivity contribution < 1.29 is 4.74 Å². The number of halogens is 3. The summed E-state index contributed by atoms with van der Waals surface area (Å²) in [5.74, 6) is 2.66. The van der Waals surface area contributed by atoms with Gasteiger partial charge in [-0.15, -0.1) is 23.2 Å². The Bertz CT molecular complexity index is 467. The monoisotopic (exact) mass is 334 g/mol. The molecule has 0 N–H and O–H groups in total. The van der Waals surface area contributed by atoms with Gasteiger partial charge in [-0.05, 0) is 42.0 Å². The van der Waals surface area contributed by atoms with Gasteiger partial charge in [0.25, 0.3) is 0 Å². The standard InChI is InChI=1S/C16H21Cl3O/c1-11(2)7-16(9-17,10-18)8-13-6-14(19)5-12-3-4-20-15(12)13/h5-6,11H,3-4,7-10H2,1-2H3. The molecule has 4 heteroatoms. The van der Waals surface area contributed by atoms with Gasteiger partial charge in [-0.2, -0.15) is 0 Å². The fourth-order valence-corrected chi connectivity index (χ4v) is 4.02. The molecule has 0 unspecified atom stereocenters. The Morgan fingerprint density at radius 1 is 1.25 bits per heavy atom. The van der Waals surface area contributed by atoms with Crippen LogP contribution in [0, 0.1) is 11.3 Å². The van der Waals surface area contributed by atoms with Crippen LogP contribution in [-0.4, -0.2) is 18.4 Å². The summed E-state index contributed by atoms with van der Waals surface area (Å²) in [4.78, 5) is 0. The molecule has 2 rings (SSSR count). The van der Waals surface area contributed by atoms with E-state index in [1.54, 1.807) is 0 Å². The number of hydrogen-bond donors (Lipinski definition) is 0. The van der Waals surface area contributed by atoms with E-state index in [0.717, 1.165) is 42.2 Å². The molecule has 0 saturated carbocycles. The third-order valence-corrected chi connectivity index (χ3v) is 5.15. The lowest BCUT2D eigenvalue weighted by atomic mass is 9.78. The van der Waals surface area contributed by atoms with Gasteiger partial charge in [0.05, 0.1) is 6.61 Å². The third kappa shape index (κ3) is 3.55. The van der Waals surface area contributed by atoms with Gasteiger partial charge >= 0.3 is 0 Å². The van der Waals surface area contributed by atoms with Crippen LogP contribution in [0.15, 0.2) is 12.1 Å². The molecule has 1 aliphatic heterocycles. The van der Waals surface area contributed by atoms with E-state index in [9.17, 15) is 0 Å². The fraction of sp³-hybridized carbons (Fsp3) is 0.625. The van der Waals surface area contributed by atoms with Gasteiger partial charge < -0.3 is 4.74 Å². The van der Waals surface area contributed by atoms with Crippen molar-refractivity contribution in [3.05, 3.63) is 28.3 Å². The second-order valence-electron chi connectivity index (χ2n) is 6.19. The van der Waals surface area contributed by atoms with E-state index in [-0.39, 0.29) is 5.41 Å². The summed E-state index contributed by atoms with van der Waals surface area (Å²) < 4.78 is 5.78. The minimum atomic E-state index is -0.0956. The Morgan fingerprint density at radius 2 is 1.95 bits per heavy atom. The minimum absolute atomic E-state index is 0.0956. The lowest BCUT2D eigenvalue weighted by Gasteiger charge is -2.32. The molecule has 0 aliphatic carbocycles. The first-order valence-corrected chi connectivity index (χ1v) is 8.50. The highest BCUT2D eigenvalue weighted by Gasteiger charge is 2.32. The van der Waals surface area contributed by atoms with E-state index in [1.807, 2.05) is 12.1 Å². The van der Waals surface area contributed by atoms with Gasteiger partial charge in [0.15, 0.2) is 0 Å². The zero-order valence-electron chi connectivity index (χ0n) is 12.0. The number of alkyl halides is 2. The maximum absolute atomic E-state index is 6.25. The van der Waals surface area contributed by atoms with Crippen molar-refractivity contribution in [1.29, 1.82) is 0 Å². The maximum atomic E-state index is 6.25. The molecule has 0 aromatic heterocycles. The molecule has 1 aromatic carbocycles. The molecule has 20 heavy (non-hydrogen) atoms. The van der Waals surface area contributed by atoms with Gasteiger partial charge in [-0.1, -0.05) is 25.4 Å². The van der Waals surface area contributed by atoms with E-state index in [2.05, 4.69) is 13.8 Å². The van der Waals surface area contributed by atoms with Crippen molar-refractivity contribution in [3.63, 3.8) is 0 Å². The number of benzene rings is 1. The molecule has 0 radical (unpaired) electrons. The first kappa shape index (κ1) is 16.3. The fourth-order valence-electron chi connectivity index (χ4n) is 3.06. The third-order valence-electron chi connectivity index (χ3n) is 3.80. The summed E-state index contributed by atoms with van der Waals surface area (Å²) in [7, 11) is 0. The summed E-state index contributed by atoms with van der Waals surface area (Å²) in [5, 5.41) is 0.770. The van der Waals surface area contributed by atoms with Crippen LogP contribution in [-0.2, 0) is 12.8 Å². The van der Waals surface area contributed by atoms with Gasteiger partial charge in [0, 0.05) is 28.6 Å². The molecular formula is C16H21Cl3O. The molecule has 1 aliphatic rings. The van der Waals surface area contributed by atoms with Crippen LogP contribution in [0.4, 0.5) is 0 Å². The summed E-state index contributed by atoms with van der Waals surface area (Å²) in [5.41, 5.74) is 2.25. The van der Waals surface area contributed by atoms with Gasteiger partial charge in [0.1, 0.15) is 5.75 Å². The summed E-state index contributed by atoms with van der Waals surface area (Å²) in [6.45, 7) is 5.14. The maximum Gasteiger partial charge on any atom is 0.125 e. The van der Waals surface area contributed by atoms with E-state index in [1.165, 1.54) is 5.56 Å². The van der Waals surface area contributed by atoms with Crippen molar-refractivity contribution in [2.75, 3.05) is 18.4 Å². The average molecular weight is 336 g/mol. The van der Waals surface area contributed by atoms with Crippen LogP contribution in [0.3, 0.4) is 0 Å². The lowest BCUT2D eigenvalue weighted by molar-refractivity contribution is 0.288. The van der Waals surface area contributed by atoms with E-state index >= 15 is 0 Å². The highest BCUT2D eigenvalue weighted by atomic mass is 35.5. The van der Waals surface area contributed by atoms with Crippen molar-refractivity contribution in [3.8, 4) is 5.75 Å². The Hall–Kier alpha value is -0.110. The second-order valence-corrected chi connectivity index (χ2v) is 7.16. The first-order valence-electron chi connectivity index (χ1n) is 7.06. The molecule has 1 heterocycles. The van der Waals surface area contributed by atoms with Crippen LogP contribution in [0.25, 0.3) is 0 Å². The highest BCUT2D eigenvalue weighted by Crippen LogP contribution is 2.40. The van der Waals surface area contributed by atoms with Crippen molar-refractivity contribution >= 4 is 34.8 Å². The largest absolute Gasteiger partial charge is 0.493 e. The predicted octanol–water partition coefficient (Wildman–Crippen LogP) is 5.33. The molecule has 0 amide bonds. The molecule has 0 bridgehead atoms. The molecule has 0 atom stereocenters. The normalized spacial score (nSPS) is 14.5.